The van der Waals surface area contributed by atoms with Crippen LogP contribution in [0.3, 0.4) is 0 Å². The lowest BCUT2D eigenvalue weighted by molar-refractivity contribution is 1.51. The van der Waals surface area contributed by atoms with Crippen molar-refractivity contribution in [2.75, 3.05) is 0 Å². The Morgan fingerprint density at radius 3 is 2.50 bits per heavy atom. The minimum Gasteiger partial charge on any atom is -0.0845 e. The molecular weight excluding hydrogens is 160 g/mol. The van der Waals surface area contributed by atoms with E-state index in [1.165, 1.54) is 10.8 Å². The Labute approximate surface area is 69.0 Å². The van der Waals surface area contributed by atoms with Crippen molar-refractivity contribution in [3.63, 3.8) is 0 Å². The average molecular weight is 169 g/mol. The summed E-state index contributed by atoms with van der Waals surface area (Å²) in [6.07, 6.45) is 0. The molecule has 10 heavy (non-hydrogen) atoms. The van der Waals surface area contributed by atoms with Crippen LogP contribution in [0.25, 0.3) is 0 Å². The van der Waals surface area contributed by atoms with E-state index in [0.29, 0.717) is 0 Å². The number of benzene rings is 1. The van der Waals surface area contributed by atoms with Gasteiger partial charge in [-0.25, -0.2) is 0 Å². The summed E-state index contributed by atoms with van der Waals surface area (Å²) in [5.74, 6) is 0. The second-order valence-corrected chi connectivity index (χ2v) is 3.59. The van der Waals surface area contributed by atoms with Gasteiger partial charge in [-0.05, 0) is 18.2 Å². The molecule has 2 heteroatoms. The molecule has 0 bridgehead atoms. The average Bonchev–Trinajstić information content (AvgIpc) is 1.88. The molecule has 0 N–H and O–H groups in total. The van der Waals surface area contributed by atoms with Gasteiger partial charge in [0.2, 0.25) is 0 Å². The minimum absolute atomic E-state index is 0.796. The summed E-state index contributed by atoms with van der Waals surface area (Å²) in [6.45, 7) is 4.24. The lowest BCUT2D eigenvalue weighted by atomic mass is 10.2. The molecule has 1 rings (SSSR count). The van der Waals surface area contributed by atoms with Gasteiger partial charge in [0.15, 0.2) is 0 Å². The molecule has 0 aliphatic heterocycles. The van der Waals surface area contributed by atoms with Gasteiger partial charge in [0, 0.05) is 5.02 Å². The number of halogens is 1. The molecule has 0 amide bonds. The fourth-order valence-electron chi connectivity index (χ4n) is 0.949. The van der Waals surface area contributed by atoms with Gasteiger partial charge in [0.1, 0.15) is 0 Å². The summed E-state index contributed by atoms with van der Waals surface area (Å²) in [5.41, 5.74) is 1.30. The topological polar surface area (TPSA) is 0 Å². The van der Waals surface area contributed by atoms with Crippen LogP contribution in [0.2, 0.25) is 11.6 Å². The van der Waals surface area contributed by atoms with E-state index in [-0.39, 0.29) is 0 Å². The zero-order chi connectivity index (χ0) is 7.56. The molecule has 52 valence electrons. The maximum absolute atomic E-state index is 5.94. The molecule has 0 atom stereocenters. The van der Waals surface area contributed by atoms with Gasteiger partial charge >= 0.3 is 0 Å². The molecule has 0 unspecified atom stereocenters. The SMILES string of the molecule is C[Si]c1c(C)cccc1Cl. The van der Waals surface area contributed by atoms with Gasteiger partial charge in [0.25, 0.3) is 0 Å². The molecule has 0 aromatic heterocycles. The quantitative estimate of drug-likeness (QED) is 0.563. The maximum Gasteiger partial charge on any atom is 0.0797 e. The zero-order valence-electron chi connectivity index (χ0n) is 6.11. The van der Waals surface area contributed by atoms with E-state index in [9.17, 15) is 0 Å². The Bertz CT molecular complexity index is 212. The fourth-order valence-corrected chi connectivity index (χ4v) is 2.25. The van der Waals surface area contributed by atoms with Gasteiger partial charge in [-0.3, -0.25) is 0 Å². The van der Waals surface area contributed by atoms with Crippen molar-refractivity contribution in [1.82, 2.24) is 0 Å². The molecule has 0 heterocycles. The van der Waals surface area contributed by atoms with E-state index in [1.54, 1.807) is 0 Å². The maximum atomic E-state index is 5.94. The predicted molar refractivity (Wildman–Crippen MR) is 47.4 cm³/mol. The van der Waals surface area contributed by atoms with Crippen molar-refractivity contribution in [1.29, 1.82) is 0 Å². The van der Waals surface area contributed by atoms with E-state index < -0.39 is 0 Å². The van der Waals surface area contributed by atoms with E-state index in [2.05, 4.69) is 19.5 Å². The lowest BCUT2D eigenvalue weighted by Crippen LogP contribution is -2.15. The van der Waals surface area contributed by atoms with E-state index in [0.717, 1.165) is 14.5 Å². The minimum atomic E-state index is 0.796. The Hall–Kier alpha value is -0.273. The molecule has 0 nitrogen and oxygen atoms in total. The molecule has 0 spiro atoms. The van der Waals surface area contributed by atoms with Gasteiger partial charge < -0.3 is 0 Å². The molecule has 0 saturated heterocycles. The molecule has 0 fully saturated rings. The van der Waals surface area contributed by atoms with Gasteiger partial charge in [0.05, 0.1) is 9.52 Å². The highest BCUT2D eigenvalue weighted by molar-refractivity contribution is 6.57. The first kappa shape index (κ1) is 7.83. The largest absolute Gasteiger partial charge is 0.0845 e. The summed E-state index contributed by atoms with van der Waals surface area (Å²) in [4.78, 5) is 0. The summed E-state index contributed by atoms with van der Waals surface area (Å²) in [7, 11) is 0.796. The van der Waals surface area contributed by atoms with Crippen molar-refractivity contribution in [2.45, 2.75) is 13.5 Å². The number of hydrogen-bond donors (Lipinski definition) is 0. The summed E-state index contributed by atoms with van der Waals surface area (Å²) in [5, 5.41) is 2.20. The summed E-state index contributed by atoms with van der Waals surface area (Å²) >= 11 is 5.94. The van der Waals surface area contributed by atoms with Crippen molar-refractivity contribution < 1.29 is 0 Å². The highest BCUT2D eigenvalue weighted by atomic mass is 35.5. The van der Waals surface area contributed by atoms with Gasteiger partial charge in [-0.2, -0.15) is 0 Å². The summed E-state index contributed by atoms with van der Waals surface area (Å²) < 4.78 is 0. The molecule has 1 aromatic carbocycles. The first-order valence-electron chi connectivity index (χ1n) is 3.18. The number of hydrogen-bond acceptors (Lipinski definition) is 0. The van der Waals surface area contributed by atoms with Gasteiger partial charge in [-0.15, -0.1) is 0 Å². The lowest BCUT2D eigenvalue weighted by Gasteiger charge is -2.02. The fraction of sp³-hybridized carbons (Fsp3) is 0.250. The monoisotopic (exact) mass is 168 g/mol. The van der Waals surface area contributed by atoms with Crippen LogP contribution in [-0.4, -0.2) is 9.52 Å². The van der Waals surface area contributed by atoms with Crippen LogP contribution in [0, 0.1) is 6.92 Å². The molecule has 0 aliphatic carbocycles. The third kappa shape index (κ3) is 1.41. The van der Waals surface area contributed by atoms with Crippen molar-refractivity contribution in [3.8, 4) is 0 Å². The molecule has 1 aromatic rings. The van der Waals surface area contributed by atoms with Crippen LogP contribution in [0.4, 0.5) is 0 Å². The normalized spacial score (nSPS) is 9.90. The van der Waals surface area contributed by atoms with Crippen molar-refractivity contribution in [2.24, 2.45) is 0 Å². The Morgan fingerprint density at radius 2 is 2.10 bits per heavy atom. The second kappa shape index (κ2) is 3.22. The molecule has 0 aliphatic rings. The zero-order valence-corrected chi connectivity index (χ0v) is 7.87. The van der Waals surface area contributed by atoms with Crippen LogP contribution in [0.5, 0.6) is 0 Å². The smallest absolute Gasteiger partial charge is 0.0797 e. The Kier molecular flexibility index (Phi) is 2.52. The Morgan fingerprint density at radius 1 is 1.40 bits per heavy atom. The molecular formula is C8H9ClSi. The molecule has 0 saturated carbocycles. The van der Waals surface area contributed by atoms with Crippen molar-refractivity contribution >= 4 is 26.3 Å². The van der Waals surface area contributed by atoms with Crippen LogP contribution in [0.1, 0.15) is 5.56 Å². The van der Waals surface area contributed by atoms with Crippen LogP contribution in [0.15, 0.2) is 18.2 Å². The highest BCUT2D eigenvalue weighted by Crippen LogP contribution is 2.06. The third-order valence-electron chi connectivity index (χ3n) is 1.47. The van der Waals surface area contributed by atoms with E-state index in [1.807, 2.05) is 12.1 Å². The number of rotatable bonds is 1. The number of aryl methyl sites for hydroxylation is 1. The van der Waals surface area contributed by atoms with Crippen LogP contribution < -0.4 is 5.19 Å². The van der Waals surface area contributed by atoms with Gasteiger partial charge in [-0.1, -0.05) is 35.8 Å². The van der Waals surface area contributed by atoms with E-state index in [4.69, 9.17) is 11.6 Å². The first-order chi connectivity index (χ1) is 4.75. The predicted octanol–water partition coefficient (Wildman–Crippen LogP) is 2.03. The first-order valence-corrected chi connectivity index (χ1v) is 5.06. The van der Waals surface area contributed by atoms with Crippen LogP contribution in [-0.2, 0) is 0 Å². The standard InChI is InChI=1S/C8H9ClSi/c1-6-4-3-5-7(9)8(6)10-2/h3-5H,1-2H3. The van der Waals surface area contributed by atoms with Crippen molar-refractivity contribution in [3.05, 3.63) is 28.8 Å². The van der Waals surface area contributed by atoms with E-state index >= 15 is 0 Å². The Balaban J connectivity index is 3.17. The van der Waals surface area contributed by atoms with Crippen LogP contribution >= 0.6 is 11.6 Å². The summed E-state index contributed by atoms with van der Waals surface area (Å²) in [6, 6.07) is 6.03. The third-order valence-corrected chi connectivity index (χ3v) is 3.11. The highest BCUT2D eigenvalue weighted by Gasteiger charge is 1.99. The second-order valence-electron chi connectivity index (χ2n) is 2.18. The molecule has 2 radical (unpaired) electrons.